The highest BCUT2D eigenvalue weighted by Gasteiger charge is 2.12. The van der Waals surface area contributed by atoms with Crippen LogP contribution in [0.1, 0.15) is 12.1 Å². The molecule has 0 unspecified atom stereocenters. The van der Waals surface area contributed by atoms with Crippen molar-refractivity contribution in [1.29, 1.82) is 0 Å². The van der Waals surface area contributed by atoms with Crippen LogP contribution >= 0.6 is 11.3 Å². The number of hydrogen-bond donors (Lipinski definition) is 1. The Hall–Kier alpha value is -2.38. The average Bonchev–Trinajstić information content (AvgIpc) is 3.21. The monoisotopic (exact) mass is 372 g/mol. The van der Waals surface area contributed by atoms with Gasteiger partial charge in [0, 0.05) is 29.4 Å². The fourth-order valence-corrected chi connectivity index (χ4v) is 3.60. The molecule has 0 radical (unpaired) electrons. The molecule has 0 aliphatic heterocycles. The van der Waals surface area contributed by atoms with Crippen LogP contribution in [0, 0.1) is 0 Å². The summed E-state index contributed by atoms with van der Waals surface area (Å²) in [5.41, 5.74) is 2.83. The number of rotatable bonds is 8. The number of nitrogens with one attached hydrogen (secondary N) is 1. The Bertz CT molecular complexity index is 885. The second kappa shape index (κ2) is 8.33. The Morgan fingerprint density at radius 3 is 3.00 bits per heavy atom. The first kappa shape index (κ1) is 18.4. The number of aromatic nitrogens is 2. The van der Waals surface area contributed by atoms with Crippen molar-refractivity contribution in [3.63, 3.8) is 0 Å². The normalized spacial score (nSPS) is 11.2. The maximum atomic E-state index is 12.2. The Morgan fingerprint density at radius 2 is 2.23 bits per heavy atom. The summed E-state index contributed by atoms with van der Waals surface area (Å²) in [6.07, 6.45) is 3.29. The van der Waals surface area contributed by atoms with E-state index >= 15 is 0 Å². The van der Waals surface area contributed by atoms with Crippen LogP contribution in [0.4, 0.5) is 0 Å². The van der Waals surface area contributed by atoms with E-state index in [-0.39, 0.29) is 5.91 Å². The summed E-state index contributed by atoms with van der Waals surface area (Å²) >= 11 is 1.55. The van der Waals surface area contributed by atoms with E-state index in [9.17, 15) is 4.79 Å². The first-order valence-corrected chi connectivity index (χ1v) is 9.46. The third-order valence-electron chi connectivity index (χ3n) is 4.09. The Morgan fingerprint density at radius 1 is 1.38 bits per heavy atom. The van der Waals surface area contributed by atoms with E-state index < -0.39 is 0 Å². The summed E-state index contributed by atoms with van der Waals surface area (Å²) in [5.74, 6) is 0.844. The van der Waals surface area contributed by atoms with Gasteiger partial charge in [0.25, 0.3) is 0 Å². The van der Waals surface area contributed by atoms with Crippen molar-refractivity contribution < 1.29 is 9.53 Å². The molecule has 0 fully saturated rings. The van der Waals surface area contributed by atoms with E-state index in [4.69, 9.17) is 4.74 Å². The highest BCUT2D eigenvalue weighted by atomic mass is 32.1. The summed E-state index contributed by atoms with van der Waals surface area (Å²) in [5, 5.41) is 4.98. The molecule has 1 aromatic carbocycles. The van der Waals surface area contributed by atoms with Gasteiger partial charge in [0.15, 0.2) is 4.96 Å². The van der Waals surface area contributed by atoms with Gasteiger partial charge in [0.1, 0.15) is 5.75 Å². The molecule has 0 bridgehead atoms. The smallest absolute Gasteiger partial charge is 0.225 e. The zero-order chi connectivity index (χ0) is 18.5. The lowest BCUT2D eigenvalue weighted by Gasteiger charge is -2.09. The number of hydrogen-bond acceptors (Lipinski definition) is 5. The highest BCUT2D eigenvalue weighted by Crippen LogP contribution is 2.26. The number of ether oxygens (including phenoxy) is 1. The first-order chi connectivity index (χ1) is 12.6. The molecule has 2 aromatic heterocycles. The molecular formula is C19H24N4O2S. The van der Waals surface area contributed by atoms with E-state index in [0.717, 1.165) is 40.6 Å². The third-order valence-corrected chi connectivity index (χ3v) is 4.98. The maximum absolute atomic E-state index is 12.2. The van der Waals surface area contributed by atoms with Gasteiger partial charge in [-0.1, -0.05) is 12.1 Å². The molecule has 1 amide bonds. The van der Waals surface area contributed by atoms with E-state index in [0.29, 0.717) is 13.0 Å². The number of imidazole rings is 1. The van der Waals surface area contributed by atoms with Crippen LogP contribution in [-0.2, 0) is 11.2 Å². The van der Waals surface area contributed by atoms with Crippen molar-refractivity contribution in [3.8, 4) is 17.0 Å². The SMILES string of the molecule is COc1cccc(-c2cn3c(CC(=O)NCCCN(C)C)csc3n2)c1. The summed E-state index contributed by atoms with van der Waals surface area (Å²) in [4.78, 5) is 19.9. The van der Waals surface area contributed by atoms with Crippen molar-refractivity contribution in [1.82, 2.24) is 19.6 Å². The molecule has 3 rings (SSSR count). The maximum Gasteiger partial charge on any atom is 0.225 e. The van der Waals surface area contributed by atoms with Crippen LogP contribution in [0.15, 0.2) is 35.8 Å². The molecular weight excluding hydrogens is 348 g/mol. The fourth-order valence-electron chi connectivity index (χ4n) is 2.73. The molecule has 138 valence electrons. The molecule has 6 nitrogen and oxygen atoms in total. The number of fused-ring (bicyclic) bond motifs is 1. The average molecular weight is 372 g/mol. The molecule has 26 heavy (non-hydrogen) atoms. The number of thiazole rings is 1. The van der Waals surface area contributed by atoms with Gasteiger partial charge in [0.05, 0.1) is 19.2 Å². The predicted octanol–water partition coefficient (Wildman–Crippen LogP) is 2.68. The quantitative estimate of drug-likeness (QED) is 0.618. The van der Waals surface area contributed by atoms with Crippen LogP contribution in [0.25, 0.3) is 16.2 Å². The summed E-state index contributed by atoms with van der Waals surface area (Å²) < 4.78 is 7.28. The number of carbonyl (C=O) groups excluding carboxylic acids is 1. The van der Waals surface area contributed by atoms with Crippen LogP contribution in [0.2, 0.25) is 0 Å². The second-order valence-corrected chi connectivity index (χ2v) is 7.26. The van der Waals surface area contributed by atoms with E-state index in [1.807, 2.05) is 54.3 Å². The lowest BCUT2D eigenvalue weighted by molar-refractivity contribution is -0.120. The van der Waals surface area contributed by atoms with Crippen LogP contribution in [0.5, 0.6) is 5.75 Å². The van der Waals surface area contributed by atoms with E-state index in [2.05, 4.69) is 15.2 Å². The van der Waals surface area contributed by atoms with Crippen LogP contribution in [0.3, 0.4) is 0 Å². The third kappa shape index (κ3) is 4.42. The largest absolute Gasteiger partial charge is 0.497 e. The predicted molar refractivity (Wildman–Crippen MR) is 105 cm³/mol. The van der Waals surface area contributed by atoms with Gasteiger partial charge in [-0.3, -0.25) is 9.20 Å². The zero-order valence-electron chi connectivity index (χ0n) is 15.4. The fraction of sp³-hybridized carbons (Fsp3) is 0.368. The number of amides is 1. The van der Waals surface area contributed by atoms with Gasteiger partial charge in [-0.2, -0.15) is 0 Å². The molecule has 3 aromatic rings. The van der Waals surface area contributed by atoms with Crippen molar-refractivity contribution >= 4 is 22.2 Å². The van der Waals surface area contributed by atoms with Crippen molar-refractivity contribution in [3.05, 3.63) is 41.5 Å². The minimum absolute atomic E-state index is 0.0417. The number of carbonyl (C=O) groups is 1. The number of methoxy groups -OCH3 is 1. The lowest BCUT2D eigenvalue weighted by atomic mass is 10.1. The number of nitrogens with zero attached hydrogens (tertiary/aromatic N) is 3. The van der Waals surface area contributed by atoms with Crippen LogP contribution < -0.4 is 10.1 Å². The molecule has 0 spiro atoms. The topological polar surface area (TPSA) is 58.9 Å². The molecule has 0 aliphatic rings. The first-order valence-electron chi connectivity index (χ1n) is 8.58. The summed E-state index contributed by atoms with van der Waals surface area (Å²) in [6, 6.07) is 7.83. The van der Waals surface area contributed by atoms with Gasteiger partial charge in [-0.15, -0.1) is 11.3 Å². The van der Waals surface area contributed by atoms with Gasteiger partial charge in [-0.05, 0) is 39.2 Å². The van der Waals surface area contributed by atoms with Crippen molar-refractivity contribution in [2.45, 2.75) is 12.8 Å². The Labute approximate surface area is 157 Å². The van der Waals surface area contributed by atoms with Crippen molar-refractivity contribution in [2.75, 3.05) is 34.3 Å². The van der Waals surface area contributed by atoms with Crippen molar-refractivity contribution in [2.24, 2.45) is 0 Å². The van der Waals surface area contributed by atoms with E-state index in [1.54, 1.807) is 18.4 Å². The molecule has 7 heteroatoms. The minimum Gasteiger partial charge on any atom is -0.497 e. The molecule has 1 N–H and O–H groups in total. The number of benzene rings is 1. The van der Waals surface area contributed by atoms with Gasteiger partial charge < -0.3 is 15.0 Å². The van der Waals surface area contributed by atoms with Gasteiger partial charge >= 0.3 is 0 Å². The highest BCUT2D eigenvalue weighted by molar-refractivity contribution is 7.15. The summed E-state index contributed by atoms with van der Waals surface area (Å²) in [6.45, 7) is 1.66. The summed E-state index contributed by atoms with van der Waals surface area (Å²) in [7, 11) is 5.71. The van der Waals surface area contributed by atoms with E-state index in [1.165, 1.54) is 0 Å². The zero-order valence-corrected chi connectivity index (χ0v) is 16.2. The van der Waals surface area contributed by atoms with Gasteiger partial charge in [-0.25, -0.2) is 4.98 Å². The Balaban J connectivity index is 1.68. The molecule has 0 saturated heterocycles. The molecule has 0 saturated carbocycles. The molecule has 0 aliphatic carbocycles. The lowest BCUT2D eigenvalue weighted by Crippen LogP contribution is -2.28. The minimum atomic E-state index is 0.0417. The standard InChI is InChI=1S/C19H24N4O2S/c1-22(2)9-5-8-20-18(24)11-15-13-26-19-21-17(12-23(15)19)14-6-4-7-16(10-14)25-3/h4,6-7,10,12-13H,5,8-9,11H2,1-3H3,(H,20,24). The molecule has 0 atom stereocenters. The van der Waals surface area contributed by atoms with Gasteiger partial charge in [0.2, 0.25) is 5.91 Å². The Kier molecular flexibility index (Phi) is 5.90. The molecule has 2 heterocycles. The van der Waals surface area contributed by atoms with Crippen LogP contribution in [-0.4, -0.2) is 54.5 Å². The second-order valence-electron chi connectivity index (χ2n) is 6.42.